The number of hydrogen-bond donors (Lipinski definition) is 1. The molecule has 0 aromatic heterocycles. The molecule has 0 saturated carbocycles. The first-order valence-electron chi connectivity index (χ1n) is 7.06. The molecular formula is C16H19NO5. The number of fused-ring (bicyclic) bond motifs is 1. The van der Waals surface area contributed by atoms with Gasteiger partial charge in [-0.1, -0.05) is 12.1 Å². The smallest absolute Gasteiger partial charge is 0.311 e. The average Bonchev–Trinajstić information content (AvgIpc) is 2.52. The summed E-state index contributed by atoms with van der Waals surface area (Å²) in [6.45, 7) is 6.37. The van der Waals surface area contributed by atoms with Crippen LogP contribution in [0.1, 0.15) is 12.5 Å². The predicted octanol–water partition coefficient (Wildman–Crippen LogP) is 1.23. The number of benzene rings is 1. The standard InChI is InChI=1S/C16H19NO5/c1-3-6-17-16(19)11(2)22-15(18)10-12-4-5-13-14(9-12)21-8-7-20-13/h3-5,9,11H,1,6-8,10H2,2H3,(H,17,19)/t11-/m1/s1. The molecule has 0 saturated heterocycles. The molecule has 1 amide bonds. The van der Waals surface area contributed by atoms with Crippen molar-refractivity contribution >= 4 is 11.9 Å². The van der Waals surface area contributed by atoms with Gasteiger partial charge < -0.3 is 19.5 Å². The zero-order valence-corrected chi connectivity index (χ0v) is 12.5. The molecule has 1 N–H and O–H groups in total. The average molecular weight is 305 g/mol. The molecule has 22 heavy (non-hydrogen) atoms. The Kier molecular flexibility index (Phi) is 5.41. The van der Waals surface area contributed by atoms with Gasteiger partial charge in [0.2, 0.25) is 0 Å². The topological polar surface area (TPSA) is 73.9 Å². The maximum Gasteiger partial charge on any atom is 0.311 e. The highest BCUT2D eigenvalue weighted by Gasteiger charge is 2.18. The third-order valence-electron chi connectivity index (χ3n) is 3.05. The van der Waals surface area contributed by atoms with Gasteiger partial charge in [0.1, 0.15) is 13.2 Å². The van der Waals surface area contributed by atoms with E-state index < -0.39 is 12.1 Å². The van der Waals surface area contributed by atoms with E-state index in [9.17, 15) is 9.59 Å². The fourth-order valence-corrected chi connectivity index (χ4v) is 1.97. The fourth-order valence-electron chi connectivity index (χ4n) is 1.97. The van der Waals surface area contributed by atoms with Crippen LogP contribution in [0.2, 0.25) is 0 Å². The number of amides is 1. The van der Waals surface area contributed by atoms with Gasteiger partial charge in [0.25, 0.3) is 5.91 Å². The first-order chi connectivity index (χ1) is 10.6. The Morgan fingerprint density at radius 3 is 2.82 bits per heavy atom. The van der Waals surface area contributed by atoms with Gasteiger partial charge in [0.05, 0.1) is 6.42 Å². The number of esters is 1. The van der Waals surface area contributed by atoms with Crippen molar-refractivity contribution in [1.29, 1.82) is 0 Å². The quantitative estimate of drug-likeness (QED) is 0.632. The van der Waals surface area contributed by atoms with Crippen molar-refractivity contribution in [3.05, 3.63) is 36.4 Å². The molecule has 1 atom stereocenters. The van der Waals surface area contributed by atoms with E-state index in [1.807, 2.05) is 0 Å². The summed E-state index contributed by atoms with van der Waals surface area (Å²) in [6, 6.07) is 5.28. The lowest BCUT2D eigenvalue weighted by Gasteiger charge is -2.19. The van der Waals surface area contributed by atoms with E-state index in [0.29, 0.717) is 31.3 Å². The van der Waals surface area contributed by atoms with Crippen molar-refractivity contribution < 1.29 is 23.8 Å². The van der Waals surface area contributed by atoms with E-state index in [1.165, 1.54) is 6.92 Å². The van der Waals surface area contributed by atoms with Crippen molar-refractivity contribution in [2.45, 2.75) is 19.4 Å². The Morgan fingerprint density at radius 2 is 2.09 bits per heavy atom. The Balaban J connectivity index is 1.89. The molecule has 1 aromatic rings. The van der Waals surface area contributed by atoms with Crippen molar-refractivity contribution in [3.63, 3.8) is 0 Å². The second-order valence-electron chi connectivity index (χ2n) is 4.82. The van der Waals surface area contributed by atoms with E-state index >= 15 is 0 Å². The van der Waals surface area contributed by atoms with Gasteiger partial charge in [-0.15, -0.1) is 6.58 Å². The van der Waals surface area contributed by atoms with Gasteiger partial charge in [-0.3, -0.25) is 9.59 Å². The summed E-state index contributed by atoms with van der Waals surface area (Å²) in [7, 11) is 0. The van der Waals surface area contributed by atoms with E-state index in [0.717, 1.165) is 5.56 Å². The van der Waals surface area contributed by atoms with Crippen LogP contribution in [0, 0.1) is 0 Å². The van der Waals surface area contributed by atoms with Gasteiger partial charge in [0, 0.05) is 6.54 Å². The summed E-state index contributed by atoms with van der Waals surface area (Å²) in [5.41, 5.74) is 0.743. The molecule has 0 radical (unpaired) electrons. The highest BCUT2D eigenvalue weighted by molar-refractivity contribution is 5.84. The second-order valence-corrected chi connectivity index (χ2v) is 4.82. The summed E-state index contributed by atoms with van der Waals surface area (Å²) >= 11 is 0. The molecule has 0 bridgehead atoms. The Morgan fingerprint density at radius 1 is 1.36 bits per heavy atom. The zero-order valence-electron chi connectivity index (χ0n) is 12.5. The molecular weight excluding hydrogens is 286 g/mol. The van der Waals surface area contributed by atoms with Crippen LogP contribution in [-0.4, -0.2) is 37.7 Å². The molecule has 0 aliphatic carbocycles. The molecule has 1 aliphatic heterocycles. The van der Waals surface area contributed by atoms with E-state index in [2.05, 4.69) is 11.9 Å². The predicted molar refractivity (Wildman–Crippen MR) is 79.9 cm³/mol. The van der Waals surface area contributed by atoms with Crippen molar-refractivity contribution in [1.82, 2.24) is 5.32 Å². The minimum Gasteiger partial charge on any atom is -0.486 e. The molecule has 6 nitrogen and oxygen atoms in total. The summed E-state index contributed by atoms with van der Waals surface area (Å²) < 4.78 is 16.0. The number of carbonyl (C=O) groups is 2. The molecule has 1 aromatic carbocycles. The summed E-state index contributed by atoms with van der Waals surface area (Å²) in [5, 5.41) is 2.57. The Labute approximate surface area is 129 Å². The zero-order chi connectivity index (χ0) is 15.9. The molecule has 2 rings (SSSR count). The maximum absolute atomic E-state index is 11.9. The van der Waals surface area contributed by atoms with Crippen molar-refractivity contribution in [3.8, 4) is 11.5 Å². The molecule has 6 heteroatoms. The lowest BCUT2D eigenvalue weighted by Crippen LogP contribution is -2.36. The van der Waals surface area contributed by atoms with Crippen LogP contribution in [0.25, 0.3) is 0 Å². The highest BCUT2D eigenvalue weighted by atomic mass is 16.6. The van der Waals surface area contributed by atoms with Gasteiger partial charge in [-0.05, 0) is 24.6 Å². The van der Waals surface area contributed by atoms with Crippen LogP contribution in [0.5, 0.6) is 11.5 Å². The van der Waals surface area contributed by atoms with Crippen LogP contribution in [0.3, 0.4) is 0 Å². The minimum absolute atomic E-state index is 0.0652. The monoisotopic (exact) mass is 305 g/mol. The van der Waals surface area contributed by atoms with Gasteiger partial charge in [0.15, 0.2) is 17.6 Å². The van der Waals surface area contributed by atoms with Gasteiger partial charge >= 0.3 is 5.97 Å². The number of nitrogens with one attached hydrogen (secondary N) is 1. The van der Waals surface area contributed by atoms with Gasteiger partial charge in [-0.25, -0.2) is 0 Å². The van der Waals surface area contributed by atoms with Crippen LogP contribution in [-0.2, 0) is 20.7 Å². The Bertz CT molecular complexity index is 570. The van der Waals surface area contributed by atoms with E-state index in [4.69, 9.17) is 14.2 Å². The summed E-state index contributed by atoms with van der Waals surface area (Å²) in [4.78, 5) is 23.5. The van der Waals surface area contributed by atoms with Crippen LogP contribution in [0.15, 0.2) is 30.9 Å². The second kappa shape index (κ2) is 7.49. The third kappa shape index (κ3) is 4.25. The summed E-state index contributed by atoms with van der Waals surface area (Å²) in [5.74, 6) is 0.460. The molecule has 0 fully saturated rings. The lowest BCUT2D eigenvalue weighted by atomic mass is 10.1. The summed E-state index contributed by atoms with van der Waals surface area (Å²) in [6.07, 6.45) is 0.779. The number of carbonyl (C=O) groups excluding carboxylic acids is 2. The first kappa shape index (κ1) is 15.9. The molecule has 0 unspecified atom stereocenters. The molecule has 1 heterocycles. The number of rotatable bonds is 6. The van der Waals surface area contributed by atoms with Crippen LogP contribution < -0.4 is 14.8 Å². The fraction of sp³-hybridized carbons (Fsp3) is 0.375. The maximum atomic E-state index is 11.9. The number of hydrogen-bond acceptors (Lipinski definition) is 5. The number of ether oxygens (including phenoxy) is 3. The Hall–Kier alpha value is -2.50. The molecule has 0 spiro atoms. The minimum atomic E-state index is -0.843. The van der Waals surface area contributed by atoms with Crippen molar-refractivity contribution in [2.75, 3.05) is 19.8 Å². The van der Waals surface area contributed by atoms with Crippen molar-refractivity contribution in [2.24, 2.45) is 0 Å². The van der Waals surface area contributed by atoms with Gasteiger partial charge in [-0.2, -0.15) is 0 Å². The normalized spacial score (nSPS) is 13.9. The lowest BCUT2D eigenvalue weighted by molar-refractivity contribution is -0.154. The first-order valence-corrected chi connectivity index (χ1v) is 7.06. The van der Waals surface area contributed by atoms with E-state index in [-0.39, 0.29) is 12.3 Å². The third-order valence-corrected chi connectivity index (χ3v) is 3.05. The highest BCUT2D eigenvalue weighted by Crippen LogP contribution is 2.30. The molecule has 118 valence electrons. The van der Waals surface area contributed by atoms with Crippen LogP contribution >= 0.6 is 0 Å². The van der Waals surface area contributed by atoms with Crippen LogP contribution in [0.4, 0.5) is 0 Å². The van der Waals surface area contributed by atoms with E-state index in [1.54, 1.807) is 24.3 Å². The largest absolute Gasteiger partial charge is 0.486 e. The molecule has 1 aliphatic rings. The SMILES string of the molecule is C=CCNC(=O)[C@@H](C)OC(=O)Cc1ccc2c(c1)OCCO2.